The molecule has 0 aliphatic carbocycles. The van der Waals surface area contributed by atoms with E-state index in [0.29, 0.717) is 5.69 Å². The van der Waals surface area contributed by atoms with Crippen molar-refractivity contribution < 1.29 is 9.59 Å². The number of hydrogen-bond acceptors (Lipinski definition) is 2. The molecule has 0 aromatic heterocycles. The molecule has 0 saturated heterocycles. The van der Waals surface area contributed by atoms with Crippen molar-refractivity contribution in [2.75, 3.05) is 5.32 Å². The van der Waals surface area contributed by atoms with Gasteiger partial charge in [0.05, 0.1) is 6.42 Å². The highest BCUT2D eigenvalue weighted by atomic mass is 35.5. The highest BCUT2D eigenvalue weighted by Crippen LogP contribution is 2.05. The summed E-state index contributed by atoms with van der Waals surface area (Å²) in [5.41, 5.74) is 0.716. The van der Waals surface area contributed by atoms with Crippen molar-refractivity contribution >= 4 is 29.8 Å². The molecule has 0 fully saturated rings. The van der Waals surface area contributed by atoms with Gasteiger partial charge in [0.25, 0.3) is 0 Å². The highest BCUT2D eigenvalue weighted by molar-refractivity contribution is 6.03. The lowest BCUT2D eigenvalue weighted by Gasteiger charge is -2.01. The van der Waals surface area contributed by atoms with Crippen LogP contribution in [-0.4, -0.2) is 11.7 Å². The molecular weight excluding hydrogens is 202 g/mol. The largest absolute Gasteiger partial charge is 0.326 e. The van der Waals surface area contributed by atoms with Crippen LogP contribution in [0.2, 0.25) is 0 Å². The van der Waals surface area contributed by atoms with Crippen LogP contribution in [0.15, 0.2) is 30.3 Å². The van der Waals surface area contributed by atoms with Gasteiger partial charge in [-0.15, -0.1) is 12.4 Å². The number of rotatable bonds is 3. The van der Waals surface area contributed by atoms with Gasteiger partial charge < -0.3 is 5.32 Å². The Labute approximate surface area is 88.9 Å². The normalized spacial score (nSPS) is 8.64. The van der Waals surface area contributed by atoms with Gasteiger partial charge in [0.15, 0.2) is 0 Å². The third-order valence-electron chi connectivity index (χ3n) is 1.47. The molecule has 1 amide bonds. The van der Waals surface area contributed by atoms with Gasteiger partial charge in [0.1, 0.15) is 5.78 Å². The predicted molar refractivity (Wildman–Crippen MR) is 57.6 cm³/mol. The molecule has 76 valence electrons. The zero-order valence-corrected chi connectivity index (χ0v) is 8.64. The Kier molecular flexibility index (Phi) is 5.56. The number of carbonyl (C=O) groups is 2. The maximum absolute atomic E-state index is 11.1. The fraction of sp³-hybridized carbons (Fsp3) is 0.200. The van der Waals surface area contributed by atoms with Gasteiger partial charge >= 0.3 is 0 Å². The summed E-state index contributed by atoms with van der Waals surface area (Å²) in [4.78, 5) is 21.7. The first-order valence-corrected chi connectivity index (χ1v) is 4.03. The number of hydrogen-bond donors (Lipinski definition) is 1. The summed E-state index contributed by atoms with van der Waals surface area (Å²) in [6.07, 6.45) is -0.0606. The van der Waals surface area contributed by atoms with E-state index in [2.05, 4.69) is 5.32 Å². The van der Waals surface area contributed by atoms with E-state index in [1.807, 2.05) is 18.2 Å². The van der Waals surface area contributed by atoms with Crippen molar-refractivity contribution in [3.05, 3.63) is 30.3 Å². The van der Waals surface area contributed by atoms with Crippen LogP contribution in [0.4, 0.5) is 5.69 Å². The molecule has 0 radical (unpaired) electrons. The average Bonchev–Trinajstić information content (AvgIpc) is 2.04. The van der Waals surface area contributed by atoms with Crippen LogP contribution >= 0.6 is 12.4 Å². The van der Waals surface area contributed by atoms with Crippen molar-refractivity contribution in [1.82, 2.24) is 0 Å². The summed E-state index contributed by atoms with van der Waals surface area (Å²) in [6, 6.07) is 9.06. The van der Waals surface area contributed by atoms with Gasteiger partial charge in [-0.1, -0.05) is 18.2 Å². The van der Waals surface area contributed by atoms with Gasteiger partial charge in [-0.05, 0) is 19.1 Å². The lowest BCUT2D eigenvalue weighted by atomic mass is 10.2. The molecule has 14 heavy (non-hydrogen) atoms. The summed E-state index contributed by atoms with van der Waals surface area (Å²) in [5.74, 6) is -0.396. The van der Waals surface area contributed by atoms with Crippen LogP contribution in [0.1, 0.15) is 13.3 Å². The number of para-hydroxylation sites is 1. The monoisotopic (exact) mass is 213 g/mol. The molecule has 0 spiro atoms. The van der Waals surface area contributed by atoms with Crippen molar-refractivity contribution in [2.45, 2.75) is 13.3 Å². The second-order valence-corrected chi connectivity index (χ2v) is 2.79. The standard InChI is InChI=1S/C10H11NO2.ClH/c1-8(12)7-10(13)11-9-5-3-2-4-6-9;/h2-6H,7H2,1H3,(H,11,13);1H. The van der Waals surface area contributed by atoms with Crippen molar-refractivity contribution in [2.24, 2.45) is 0 Å². The van der Waals surface area contributed by atoms with Crippen LogP contribution in [0.5, 0.6) is 0 Å². The molecule has 0 aliphatic heterocycles. The number of carbonyl (C=O) groups excluding carboxylic acids is 2. The summed E-state index contributed by atoms with van der Waals surface area (Å²) in [6.45, 7) is 1.39. The highest BCUT2D eigenvalue weighted by Gasteiger charge is 2.04. The molecule has 0 bridgehead atoms. The van der Waals surface area contributed by atoms with E-state index in [1.54, 1.807) is 12.1 Å². The number of benzene rings is 1. The molecule has 1 rings (SSSR count). The first-order valence-electron chi connectivity index (χ1n) is 4.03. The molecule has 3 nitrogen and oxygen atoms in total. The molecular formula is C10H12ClNO2. The second-order valence-electron chi connectivity index (χ2n) is 2.79. The average molecular weight is 214 g/mol. The van der Waals surface area contributed by atoms with Crippen molar-refractivity contribution in [3.63, 3.8) is 0 Å². The quantitative estimate of drug-likeness (QED) is 0.781. The molecule has 1 aromatic rings. The summed E-state index contributed by atoms with van der Waals surface area (Å²) >= 11 is 0. The number of halogens is 1. The molecule has 0 unspecified atom stereocenters. The summed E-state index contributed by atoms with van der Waals surface area (Å²) < 4.78 is 0. The van der Waals surface area contributed by atoms with Gasteiger partial charge in [-0.3, -0.25) is 9.59 Å². The number of Topliss-reactive ketones (excluding diaryl/α,β-unsaturated/α-hetero) is 1. The van der Waals surface area contributed by atoms with E-state index >= 15 is 0 Å². The minimum absolute atomic E-state index is 0. The van der Waals surface area contributed by atoms with Gasteiger partial charge in [-0.25, -0.2) is 0 Å². The molecule has 0 heterocycles. The number of anilines is 1. The Morgan fingerprint density at radius 3 is 2.29 bits per heavy atom. The van der Waals surface area contributed by atoms with Gasteiger partial charge in [-0.2, -0.15) is 0 Å². The van der Waals surface area contributed by atoms with E-state index in [1.165, 1.54) is 6.92 Å². The Morgan fingerprint density at radius 1 is 1.21 bits per heavy atom. The first kappa shape index (κ1) is 12.7. The first-order chi connectivity index (χ1) is 6.18. The Hall–Kier alpha value is -1.35. The van der Waals surface area contributed by atoms with E-state index in [0.717, 1.165) is 0 Å². The third-order valence-corrected chi connectivity index (χ3v) is 1.47. The topological polar surface area (TPSA) is 46.2 Å². The van der Waals surface area contributed by atoms with Crippen LogP contribution in [-0.2, 0) is 9.59 Å². The van der Waals surface area contributed by atoms with E-state index < -0.39 is 0 Å². The maximum atomic E-state index is 11.1. The molecule has 1 N–H and O–H groups in total. The Bertz CT molecular complexity index is 311. The molecule has 4 heteroatoms. The summed E-state index contributed by atoms with van der Waals surface area (Å²) in [5, 5.41) is 2.61. The minimum Gasteiger partial charge on any atom is -0.326 e. The lowest BCUT2D eigenvalue weighted by Crippen LogP contribution is -2.14. The minimum atomic E-state index is -0.265. The van der Waals surface area contributed by atoms with E-state index in [9.17, 15) is 9.59 Å². The van der Waals surface area contributed by atoms with Crippen LogP contribution in [0, 0.1) is 0 Å². The third kappa shape index (κ3) is 4.62. The van der Waals surface area contributed by atoms with Crippen molar-refractivity contribution in [1.29, 1.82) is 0 Å². The van der Waals surface area contributed by atoms with E-state index in [-0.39, 0.29) is 30.5 Å². The lowest BCUT2D eigenvalue weighted by molar-refractivity contribution is -0.124. The van der Waals surface area contributed by atoms with Crippen molar-refractivity contribution in [3.8, 4) is 0 Å². The van der Waals surface area contributed by atoms with Crippen LogP contribution in [0.25, 0.3) is 0 Å². The maximum Gasteiger partial charge on any atom is 0.231 e. The fourth-order valence-corrected chi connectivity index (χ4v) is 0.953. The zero-order valence-electron chi connectivity index (χ0n) is 7.82. The zero-order chi connectivity index (χ0) is 9.68. The summed E-state index contributed by atoms with van der Waals surface area (Å²) in [7, 11) is 0. The van der Waals surface area contributed by atoms with E-state index in [4.69, 9.17) is 0 Å². The molecule has 0 saturated carbocycles. The predicted octanol–water partition coefficient (Wildman–Crippen LogP) is 2.03. The fourth-order valence-electron chi connectivity index (χ4n) is 0.953. The Morgan fingerprint density at radius 2 is 1.79 bits per heavy atom. The molecule has 0 aliphatic rings. The Balaban J connectivity index is 0.00000169. The SMILES string of the molecule is CC(=O)CC(=O)Nc1ccccc1.Cl. The van der Waals surface area contributed by atoms with Gasteiger partial charge in [0, 0.05) is 5.69 Å². The van der Waals surface area contributed by atoms with Crippen LogP contribution in [0.3, 0.4) is 0 Å². The molecule has 0 atom stereocenters. The number of nitrogens with one attached hydrogen (secondary N) is 1. The second kappa shape index (κ2) is 6.16. The van der Waals surface area contributed by atoms with Gasteiger partial charge in [0.2, 0.25) is 5.91 Å². The smallest absolute Gasteiger partial charge is 0.231 e. The molecule has 1 aromatic carbocycles. The number of amides is 1. The van der Waals surface area contributed by atoms with Crippen LogP contribution < -0.4 is 5.32 Å². The number of ketones is 1.